The number of nitrogens with zero attached hydrogens (tertiary/aromatic N) is 3. The summed E-state index contributed by atoms with van der Waals surface area (Å²) in [6, 6.07) is -0.674. The molecule has 0 aromatic carbocycles. The van der Waals surface area contributed by atoms with Gasteiger partial charge < -0.3 is 15.4 Å². The van der Waals surface area contributed by atoms with Crippen LogP contribution in [0.2, 0.25) is 10.3 Å². The number of carboxylic acid groups (broad SMARTS) is 1. The molecule has 0 saturated heterocycles. The summed E-state index contributed by atoms with van der Waals surface area (Å²) >= 11 is 12.0. The van der Waals surface area contributed by atoms with Gasteiger partial charge in [-0.25, -0.2) is 4.98 Å². The molecule has 2 aromatic rings. The number of primary amides is 1. The molecule has 1 unspecified atom stereocenters. The van der Waals surface area contributed by atoms with Crippen molar-refractivity contribution in [2.75, 3.05) is 0 Å². The molecule has 1 saturated carbocycles. The van der Waals surface area contributed by atoms with Gasteiger partial charge in [-0.2, -0.15) is 4.98 Å². The Labute approximate surface area is 141 Å². The lowest BCUT2D eigenvalue weighted by Gasteiger charge is -2.44. The van der Waals surface area contributed by atoms with Crippen molar-refractivity contribution < 1.29 is 14.7 Å². The van der Waals surface area contributed by atoms with E-state index in [-0.39, 0.29) is 11.7 Å². The standard InChI is InChI=1S/C14H14Cl2N4O3/c15-8-6-20(11-7(8)5-18-13(16)19-11)9(4-10(17)21)14(12(22)23)2-1-3-14/h5-6,9H,1-4H2,(H2,17,21)(H,22,23). The lowest BCUT2D eigenvalue weighted by atomic mass is 9.63. The number of aromatic nitrogens is 3. The van der Waals surface area contributed by atoms with Gasteiger partial charge in [0.2, 0.25) is 11.2 Å². The fourth-order valence-corrected chi connectivity index (χ4v) is 3.57. The van der Waals surface area contributed by atoms with E-state index in [0.717, 1.165) is 6.42 Å². The van der Waals surface area contributed by atoms with Crippen molar-refractivity contribution in [1.82, 2.24) is 14.5 Å². The Hall–Kier alpha value is -1.86. The first kappa shape index (κ1) is 16.0. The zero-order valence-electron chi connectivity index (χ0n) is 12.0. The van der Waals surface area contributed by atoms with Gasteiger partial charge in [-0.15, -0.1) is 0 Å². The first-order chi connectivity index (χ1) is 10.8. The summed E-state index contributed by atoms with van der Waals surface area (Å²) in [6.07, 6.45) is 4.64. The Bertz CT molecular complexity index is 801. The number of halogens is 2. The quantitative estimate of drug-likeness (QED) is 0.799. The van der Waals surface area contributed by atoms with Crippen molar-refractivity contribution in [3.8, 4) is 0 Å². The smallest absolute Gasteiger partial charge is 0.311 e. The Morgan fingerprint density at radius 3 is 2.65 bits per heavy atom. The van der Waals surface area contributed by atoms with Crippen LogP contribution < -0.4 is 5.73 Å². The lowest BCUT2D eigenvalue weighted by molar-refractivity contribution is -0.159. The molecule has 0 aliphatic heterocycles. The van der Waals surface area contributed by atoms with Crippen LogP contribution in [0.3, 0.4) is 0 Å². The highest BCUT2D eigenvalue weighted by atomic mass is 35.5. The largest absolute Gasteiger partial charge is 0.481 e. The van der Waals surface area contributed by atoms with Gasteiger partial charge >= 0.3 is 5.97 Å². The van der Waals surface area contributed by atoms with Crippen molar-refractivity contribution in [3.63, 3.8) is 0 Å². The minimum atomic E-state index is -1.05. The fourth-order valence-electron chi connectivity index (χ4n) is 3.21. The van der Waals surface area contributed by atoms with E-state index >= 15 is 0 Å². The monoisotopic (exact) mass is 356 g/mol. The van der Waals surface area contributed by atoms with E-state index in [1.807, 2.05) is 0 Å². The number of hydrogen-bond donors (Lipinski definition) is 2. The third-order valence-electron chi connectivity index (χ3n) is 4.53. The van der Waals surface area contributed by atoms with Crippen LogP contribution in [0.25, 0.3) is 11.0 Å². The third kappa shape index (κ3) is 2.53. The first-order valence-corrected chi connectivity index (χ1v) is 7.81. The molecule has 7 nitrogen and oxygen atoms in total. The Kier molecular flexibility index (Phi) is 3.93. The molecule has 23 heavy (non-hydrogen) atoms. The molecule has 0 bridgehead atoms. The molecule has 0 spiro atoms. The minimum Gasteiger partial charge on any atom is -0.481 e. The summed E-state index contributed by atoms with van der Waals surface area (Å²) in [6.45, 7) is 0. The second-order valence-electron chi connectivity index (χ2n) is 5.76. The average Bonchev–Trinajstić information content (AvgIpc) is 2.72. The van der Waals surface area contributed by atoms with Crippen molar-refractivity contribution in [1.29, 1.82) is 0 Å². The highest BCUT2D eigenvalue weighted by Crippen LogP contribution is 2.52. The second kappa shape index (κ2) is 5.65. The van der Waals surface area contributed by atoms with Crippen LogP contribution in [0.4, 0.5) is 0 Å². The summed E-state index contributed by atoms with van der Waals surface area (Å²) in [5.74, 6) is -1.53. The molecule has 1 aliphatic rings. The van der Waals surface area contributed by atoms with E-state index < -0.39 is 23.3 Å². The van der Waals surface area contributed by atoms with Crippen LogP contribution in [0.1, 0.15) is 31.7 Å². The van der Waals surface area contributed by atoms with E-state index in [1.165, 1.54) is 6.20 Å². The maximum Gasteiger partial charge on any atom is 0.311 e. The molecule has 9 heteroatoms. The van der Waals surface area contributed by atoms with Gasteiger partial charge in [0, 0.05) is 18.8 Å². The zero-order valence-corrected chi connectivity index (χ0v) is 13.5. The summed E-state index contributed by atoms with van der Waals surface area (Å²) in [5, 5.41) is 10.6. The third-order valence-corrected chi connectivity index (χ3v) is 5.02. The molecule has 3 rings (SSSR count). The highest BCUT2D eigenvalue weighted by molar-refractivity contribution is 6.35. The average molecular weight is 357 g/mol. The zero-order chi connectivity index (χ0) is 16.8. The van der Waals surface area contributed by atoms with E-state index in [1.54, 1.807) is 10.8 Å². The number of fused-ring (bicyclic) bond motifs is 1. The SMILES string of the molecule is NC(=O)CC(n1cc(Cl)c2cnc(Cl)nc21)C1(C(=O)O)CCC1. The minimum absolute atomic E-state index is 0.0179. The maximum atomic E-state index is 11.9. The maximum absolute atomic E-state index is 11.9. The van der Waals surface area contributed by atoms with Crippen molar-refractivity contribution in [2.45, 2.75) is 31.7 Å². The molecular formula is C14H14Cl2N4O3. The number of rotatable bonds is 5. The van der Waals surface area contributed by atoms with Crippen LogP contribution >= 0.6 is 23.2 Å². The topological polar surface area (TPSA) is 111 Å². The van der Waals surface area contributed by atoms with E-state index in [0.29, 0.717) is 28.9 Å². The molecule has 122 valence electrons. The molecule has 0 radical (unpaired) electrons. The molecule has 1 aliphatic carbocycles. The Morgan fingerprint density at radius 2 is 2.13 bits per heavy atom. The molecule has 2 heterocycles. The molecular weight excluding hydrogens is 343 g/mol. The van der Waals surface area contributed by atoms with Crippen LogP contribution in [0.15, 0.2) is 12.4 Å². The van der Waals surface area contributed by atoms with E-state index in [2.05, 4.69) is 9.97 Å². The van der Waals surface area contributed by atoms with Crippen molar-refractivity contribution >= 4 is 46.1 Å². The molecule has 3 N–H and O–H groups in total. The molecule has 2 aromatic heterocycles. The van der Waals surface area contributed by atoms with Gasteiger partial charge in [0.1, 0.15) is 5.65 Å². The number of carbonyl (C=O) groups is 2. The first-order valence-electron chi connectivity index (χ1n) is 7.05. The summed E-state index contributed by atoms with van der Waals surface area (Å²) < 4.78 is 1.60. The number of hydrogen-bond acceptors (Lipinski definition) is 4. The van der Waals surface area contributed by atoms with Gasteiger partial charge in [0.05, 0.1) is 21.9 Å². The van der Waals surface area contributed by atoms with Crippen molar-refractivity contribution in [3.05, 3.63) is 22.7 Å². The number of aliphatic carboxylic acids is 1. The van der Waals surface area contributed by atoms with Crippen LogP contribution in [0, 0.1) is 5.41 Å². The van der Waals surface area contributed by atoms with Crippen LogP contribution in [-0.2, 0) is 9.59 Å². The lowest BCUT2D eigenvalue weighted by Crippen LogP contribution is -2.46. The van der Waals surface area contributed by atoms with Crippen molar-refractivity contribution in [2.24, 2.45) is 11.1 Å². The normalized spacial score (nSPS) is 17.7. The summed E-state index contributed by atoms with van der Waals surface area (Å²) in [7, 11) is 0. The number of carboxylic acids is 1. The number of amides is 1. The fraction of sp³-hybridized carbons (Fsp3) is 0.429. The van der Waals surface area contributed by atoms with Gasteiger partial charge in [-0.05, 0) is 24.4 Å². The van der Waals surface area contributed by atoms with Crippen LogP contribution in [-0.4, -0.2) is 31.5 Å². The van der Waals surface area contributed by atoms with Crippen LogP contribution in [0.5, 0.6) is 0 Å². The molecule has 1 amide bonds. The second-order valence-corrected chi connectivity index (χ2v) is 6.51. The van der Waals surface area contributed by atoms with E-state index in [4.69, 9.17) is 28.9 Å². The Morgan fingerprint density at radius 1 is 1.43 bits per heavy atom. The van der Waals surface area contributed by atoms with Gasteiger partial charge in [-0.1, -0.05) is 18.0 Å². The predicted molar refractivity (Wildman–Crippen MR) is 84.3 cm³/mol. The van der Waals surface area contributed by atoms with Gasteiger partial charge in [-0.3, -0.25) is 9.59 Å². The van der Waals surface area contributed by atoms with Gasteiger partial charge in [0.25, 0.3) is 0 Å². The number of nitrogens with two attached hydrogens (primary N) is 1. The predicted octanol–water partition coefficient (Wildman–Crippen LogP) is 2.41. The highest BCUT2D eigenvalue weighted by Gasteiger charge is 2.52. The van der Waals surface area contributed by atoms with Gasteiger partial charge in [0.15, 0.2) is 0 Å². The summed E-state index contributed by atoms with van der Waals surface area (Å²) in [4.78, 5) is 31.4. The Balaban J connectivity index is 2.19. The van der Waals surface area contributed by atoms with E-state index in [9.17, 15) is 14.7 Å². The number of carbonyl (C=O) groups excluding carboxylic acids is 1. The molecule has 1 fully saturated rings. The summed E-state index contributed by atoms with van der Waals surface area (Å²) in [5.41, 5.74) is 4.69. The molecule has 1 atom stereocenters.